The van der Waals surface area contributed by atoms with Gasteiger partial charge in [-0.2, -0.15) is 13.2 Å². The van der Waals surface area contributed by atoms with Crippen LogP contribution in [0.2, 0.25) is 5.02 Å². The first kappa shape index (κ1) is 14.1. The molecule has 21 heavy (non-hydrogen) atoms. The van der Waals surface area contributed by atoms with Crippen molar-refractivity contribution in [2.45, 2.75) is 19.3 Å². The first-order valence-corrected chi connectivity index (χ1v) is 6.71. The van der Waals surface area contributed by atoms with E-state index in [4.69, 9.17) is 17.3 Å². The molecule has 2 nitrogen and oxygen atoms in total. The minimum Gasteiger partial charge on any atom is -0.398 e. The second-order valence-electron chi connectivity index (χ2n) is 5.04. The fraction of sp³-hybridized carbons (Fsp3) is 0.200. The second kappa shape index (κ2) is 4.84. The highest BCUT2D eigenvalue weighted by Crippen LogP contribution is 2.37. The number of hydrogen-bond acceptors (Lipinski definition) is 2. The number of benzene rings is 2. The highest BCUT2D eigenvalue weighted by Gasteiger charge is 2.32. The van der Waals surface area contributed by atoms with Crippen LogP contribution >= 0.6 is 11.6 Å². The Morgan fingerprint density at radius 1 is 1.10 bits per heavy atom. The second-order valence-corrected chi connectivity index (χ2v) is 5.47. The summed E-state index contributed by atoms with van der Waals surface area (Å²) < 4.78 is 38.6. The molecule has 0 fully saturated rings. The average Bonchev–Trinajstić information content (AvgIpc) is 2.82. The van der Waals surface area contributed by atoms with Crippen LogP contribution in [0.15, 0.2) is 36.4 Å². The maximum absolute atomic E-state index is 12.9. The Bertz CT molecular complexity index is 698. The molecule has 3 rings (SSSR count). The van der Waals surface area contributed by atoms with Gasteiger partial charge in [0.05, 0.1) is 5.56 Å². The molecule has 110 valence electrons. The van der Waals surface area contributed by atoms with E-state index in [0.717, 1.165) is 23.3 Å². The molecule has 2 N–H and O–H groups in total. The quantitative estimate of drug-likeness (QED) is 0.788. The summed E-state index contributed by atoms with van der Waals surface area (Å²) in [5, 5.41) is 0.0729. The number of alkyl halides is 3. The van der Waals surface area contributed by atoms with Gasteiger partial charge in [-0.25, -0.2) is 0 Å². The summed E-state index contributed by atoms with van der Waals surface area (Å²) in [6, 6.07) is 9.16. The first-order valence-electron chi connectivity index (χ1n) is 6.33. The van der Waals surface area contributed by atoms with Crippen molar-refractivity contribution in [2.75, 3.05) is 10.6 Å². The molecule has 1 aliphatic rings. The van der Waals surface area contributed by atoms with Crippen molar-refractivity contribution < 1.29 is 13.2 Å². The molecule has 0 saturated heterocycles. The third kappa shape index (κ3) is 2.65. The van der Waals surface area contributed by atoms with Crippen molar-refractivity contribution in [1.29, 1.82) is 0 Å². The Morgan fingerprint density at radius 3 is 2.52 bits per heavy atom. The van der Waals surface area contributed by atoms with Gasteiger partial charge >= 0.3 is 6.18 Å². The minimum atomic E-state index is -4.41. The van der Waals surface area contributed by atoms with Crippen molar-refractivity contribution in [3.05, 3.63) is 58.1 Å². The molecule has 0 bridgehead atoms. The lowest BCUT2D eigenvalue weighted by Gasteiger charge is -2.20. The lowest BCUT2D eigenvalue weighted by atomic mass is 10.1. The van der Waals surface area contributed by atoms with Gasteiger partial charge in [-0.1, -0.05) is 23.7 Å². The molecule has 0 aromatic heterocycles. The van der Waals surface area contributed by atoms with E-state index in [9.17, 15) is 13.2 Å². The Hall–Kier alpha value is -1.88. The van der Waals surface area contributed by atoms with Gasteiger partial charge in [0.2, 0.25) is 0 Å². The van der Waals surface area contributed by atoms with Gasteiger partial charge < -0.3 is 10.6 Å². The number of nitrogen functional groups attached to an aromatic ring is 1. The Morgan fingerprint density at radius 2 is 1.86 bits per heavy atom. The predicted octanol–water partition coefficient (Wildman–Crippen LogP) is 4.46. The molecule has 2 aromatic rings. The van der Waals surface area contributed by atoms with Crippen LogP contribution in [-0.4, -0.2) is 0 Å². The summed E-state index contributed by atoms with van der Waals surface area (Å²) in [4.78, 5) is 1.84. The van der Waals surface area contributed by atoms with E-state index in [2.05, 4.69) is 0 Å². The average molecular weight is 313 g/mol. The van der Waals surface area contributed by atoms with Crippen LogP contribution in [0, 0.1) is 0 Å². The number of rotatable bonds is 1. The molecule has 0 saturated carbocycles. The van der Waals surface area contributed by atoms with Gasteiger partial charge in [-0.3, -0.25) is 0 Å². The zero-order valence-corrected chi connectivity index (χ0v) is 11.7. The predicted molar refractivity (Wildman–Crippen MR) is 77.2 cm³/mol. The molecular weight excluding hydrogens is 301 g/mol. The van der Waals surface area contributed by atoms with E-state index in [-0.39, 0.29) is 5.02 Å². The lowest BCUT2D eigenvalue weighted by Crippen LogP contribution is -2.16. The van der Waals surface area contributed by atoms with Crippen molar-refractivity contribution in [1.82, 2.24) is 0 Å². The number of hydrogen-bond donors (Lipinski definition) is 1. The zero-order valence-electron chi connectivity index (χ0n) is 10.9. The summed E-state index contributed by atoms with van der Waals surface area (Å²) >= 11 is 5.83. The monoisotopic (exact) mass is 312 g/mol. The molecule has 2 aromatic carbocycles. The van der Waals surface area contributed by atoms with Gasteiger partial charge in [-0.15, -0.1) is 0 Å². The largest absolute Gasteiger partial charge is 0.416 e. The SMILES string of the molecule is Nc1cccc2c1CN(c1cc(Cl)cc(C(F)(F)F)c1)C2. The fourth-order valence-electron chi connectivity index (χ4n) is 2.55. The van der Waals surface area contributed by atoms with Crippen LogP contribution in [-0.2, 0) is 19.3 Å². The molecule has 0 unspecified atom stereocenters. The van der Waals surface area contributed by atoms with Gasteiger partial charge in [0.1, 0.15) is 0 Å². The fourth-order valence-corrected chi connectivity index (χ4v) is 2.78. The van der Waals surface area contributed by atoms with Crippen molar-refractivity contribution >= 4 is 23.0 Å². The van der Waals surface area contributed by atoms with Crippen LogP contribution in [0.4, 0.5) is 24.5 Å². The maximum atomic E-state index is 12.9. The lowest BCUT2D eigenvalue weighted by molar-refractivity contribution is -0.137. The third-order valence-electron chi connectivity index (χ3n) is 3.59. The number of nitrogens with two attached hydrogens (primary N) is 1. The van der Waals surface area contributed by atoms with Gasteiger partial charge in [0.15, 0.2) is 0 Å². The van der Waals surface area contributed by atoms with Crippen LogP contribution in [0.1, 0.15) is 16.7 Å². The molecule has 1 heterocycles. The molecule has 0 spiro atoms. The highest BCUT2D eigenvalue weighted by atomic mass is 35.5. The molecule has 1 aliphatic heterocycles. The van der Waals surface area contributed by atoms with Gasteiger partial charge in [0.25, 0.3) is 0 Å². The van der Waals surface area contributed by atoms with Gasteiger partial charge in [-0.05, 0) is 35.4 Å². The summed E-state index contributed by atoms with van der Waals surface area (Å²) in [6.07, 6.45) is -4.41. The molecule has 0 radical (unpaired) electrons. The number of fused-ring (bicyclic) bond motifs is 1. The molecule has 0 aliphatic carbocycles. The Balaban J connectivity index is 1.97. The normalized spacial score (nSPS) is 14.4. The Labute approximate surface area is 124 Å². The number of nitrogens with zero attached hydrogens (tertiary/aromatic N) is 1. The van der Waals surface area contributed by atoms with Crippen molar-refractivity contribution in [3.8, 4) is 0 Å². The first-order chi connectivity index (χ1) is 9.84. The molecule has 0 amide bonds. The van der Waals surface area contributed by atoms with Crippen molar-refractivity contribution in [3.63, 3.8) is 0 Å². The van der Waals surface area contributed by atoms with E-state index < -0.39 is 11.7 Å². The zero-order chi connectivity index (χ0) is 15.2. The molecular formula is C15H12ClF3N2. The smallest absolute Gasteiger partial charge is 0.398 e. The molecule has 0 atom stereocenters. The van der Waals surface area contributed by atoms with Crippen LogP contribution < -0.4 is 10.6 Å². The standard InChI is InChI=1S/C15H12ClF3N2/c16-11-4-10(15(17,18)19)5-12(6-11)21-7-9-2-1-3-14(20)13(9)8-21/h1-6H,7-8,20H2. The van der Waals surface area contributed by atoms with Gasteiger partial charge in [0, 0.05) is 29.5 Å². The summed E-state index contributed by atoms with van der Waals surface area (Å²) in [7, 11) is 0. The van der Waals surface area contributed by atoms with E-state index in [1.807, 2.05) is 17.0 Å². The highest BCUT2D eigenvalue weighted by molar-refractivity contribution is 6.31. The van der Waals surface area contributed by atoms with Crippen molar-refractivity contribution in [2.24, 2.45) is 0 Å². The summed E-state index contributed by atoms with van der Waals surface area (Å²) in [6.45, 7) is 1.01. The third-order valence-corrected chi connectivity index (χ3v) is 3.81. The van der Waals surface area contributed by atoms with E-state index in [1.54, 1.807) is 12.1 Å². The minimum absolute atomic E-state index is 0.0729. The van der Waals surface area contributed by atoms with Crippen LogP contribution in [0.5, 0.6) is 0 Å². The van der Waals surface area contributed by atoms with Crippen LogP contribution in [0.25, 0.3) is 0 Å². The molecule has 6 heteroatoms. The number of anilines is 2. The maximum Gasteiger partial charge on any atom is 0.416 e. The van der Waals surface area contributed by atoms with E-state index in [1.165, 1.54) is 0 Å². The summed E-state index contributed by atoms with van der Waals surface area (Å²) in [5.41, 5.74) is 8.27. The topological polar surface area (TPSA) is 29.3 Å². The summed E-state index contributed by atoms with van der Waals surface area (Å²) in [5.74, 6) is 0. The van der Waals surface area contributed by atoms with Crippen LogP contribution in [0.3, 0.4) is 0 Å². The Kier molecular flexibility index (Phi) is 3.24. The number of halogens is 4. The van der Waals surface area contributed by atoms with E-state index >= 15 is 0 Å². The van der Waals surface area contributed by atoms with E-state index in [0.29, 0.717) is 24.5 Å².